The zero-order valence-corrected chi connectivity index (χ0v) is 10.4. The van der Waals surface area contributed by atoms with Gasteiger partial charge in [0.05, 0.1) is 23.7 Å². The molecule has 7 nitrogen and oxygen atoms in total. The van der Waals surface area contributed by atoms with Crippen LogP contribution in [0.2, 0.25) is 0 Å². The minimum Gasteiger partial charge on any atom is -0.480 e. The van der Waals surface area contributed by atoms with E-state index in [2.05, 4.69) is 0 Å². The lowest BCUT2D eigenvalue weighted by atomic mass is 10.1. The van der Waals surface area contributed by atoms with Crippen LogP contribution in [0.1, 0.15) is 5.56 Å². The third kappa shape index (κ3) is 2.50. The molecule has 0 amide bonds. The lowest BCUT2D eigenvalue weighted by Gasteiger charge is -2.35. The molecule has 1 atom stereocenters. The molecule has 1 heterocycles. The van der Waals surface area contributed by atoms with Gasteiger partial charge in [0, 0.05) is 18.3 Å². The number of carboxylic acid groups (broad SMARTS) is 1. The zero-order chi connectivity index (χ0) is 14.0. The number of morpholine rings is 1. The van der Waals surface area contributed by atoms with Crippen molar-refractivity contribution in [2.45, 2.75) is 13.0 Å². The summed E-state index contributed by atoms with van der Waals surface area (Å²) in [6.45, 7) is 2.52. The molecule has 1 unspecified atom stereocenters. The molecule has 1 aliphatic heterocycles. The maximum absolute atomic E-state index is 11.2. The molecule has 1 aromatic carbocycles. The fourth-order valence-electron chi connectivity index (χ4n) is 2.22. The molecule has 0 radical (unpaired) electrons. The number of benzene rings is 1. The van der Waals surface area contributed by atoms with Crippen LogP contribution in [0, 0.1) is 17.0 Å². The van der Waals surface area contributed by atoms with E-state index in [-0.39, 0.29) is 12.3 Å². The van der Waals surface area contributed by atoms with Gasteiger partial charge in [0.15, 0.2) is 6.04 Å². The first kappa shape index (κ1) is 13.3. The zero-order valence-electron chi connectivity index (χ0n) is 10.4. The van der Waals surface area contributed by atoms with E-state index in [0.29, 0.717) is 24.4 Å². The highest BCUT2D eigenvalue weighted by Gasteiger charge is 2.31. The van der Waals surface area contributed by atoms with E-state index in [1.165, 1.54) is 6.07 Å². The molecular weight excluding hydrogens is 252 g/mol. The van der Waals surface area contributed by atoms with Gasteiger partial charge in [-0.15, -0.1) is 0 Å². The van der Waals surface area contributed by atoms with Crippen LogP contribution in [0.15, 0.2) is 18.2 Å². The summed E-state index contributed by atoms with van der Waals surface area (Å²) >= 11 is 0. The monoisotopic (exact) mass is 266 g/mol. The molecule has 1 aromatic rings. The molecule has 0 aromatic heterocycles. The number of nitrogens with zero attached hydrogens (tertiary/aromatic N) is 2. The topological polar surface area (TPSA) is 92.9 Å². The van der Waals surface area contributed by atoms with Crippen molar-refractivity contribution < 1.29 is 19.6 Å². The van der Waals surface area contributed by atoms with Crippen LogP contribution < -0.4 is 4.90 Å². The van der Waals surface area contributed by atoms with E-state index < -0.39 is 16.9 Å². The number of carboxylic acids is 1. The quantitative estimate of drug-likeness (QED) is 0.652. The first-order valence-corrected chi connectivity index (χ1v) is 5.83. The summed E-state index contributed by atoms with van der Waals surface area (Å²) in [7, 11) is 0. The number of hydrogen-bond acceptors (Lipinski definition) is 5. The summed E-state index contributed by atoms with van der Waals surface area (Å²) in [6.07, 6.45) is 0. The molecule has 1 fully saturated rings. The minimum atomic E-state index is -0.995. The van der Waals surface area contributed by atoms with Gasteiger partial charge in [-0.1, -0.05) is 6.07 Å². The second-order valence-corrected chi connectivity index (χ2v) is 4.30. The van der Waals surface area contributed by atoms with Gasteiger partial charge < -0.3 is 14.7 Å². The first-order chi connectivity index (χ1) is 9.02. The average molecular weight is 266 g/mol. The van der Waals surface area contributed by atoms with Crippen molar-refractivity contribution >= 4 is 17.3 Å². The number of aliphatic carboxylic acids is 1. The molecule has 0 saturated carbocycles. The average Bonchev–Trinajstić information content (AvgIpc) is 2.38. The summed E-state index contributed by atoms with van der Waals surface area (Å²) in [5, 5.41) is 20.1. The number of hydrogen-bond donors (Lipinski definition) is 1. The van der Waals surface area contributed by atoms with Crippen molar-refractivity contribution in [3.05, 3.63) is 33.9 Å². The molecule has 1 aliphatic rings. The Morgan fingerprint density at radius 3 is 2.95 bits per heavy atom. The van der Waals surface area contributed by atoms with Gasteiger partial charge in [-0.25, -0.2) is 4.79 Å². The summed E-state index contributed by atoms with van der Waals surface area (Å²) in [6, 6.07) is 3.86. The second kappa shape index (κ2) is 5.23. The molecular formula is C12H14N2O5. The third-order valence-electron chi connectivity index (χ3n) is 3.20. The summed E-state index contributed by atoms with van der Waals surface area (Å²) < 4.78 is 5.16. The molecule has 0 spiro atoms. The number of nitro benzene ring substituents is 1. The van der Waals surface area contributed by atoms with Crippen molar-refractivity contribution in [2.24, 2.45) is 0 Å². The fraction of sp³-hybridized carbons (Fsp3) is 0.417. The maximum Gasteiger partial charge on any atom is 0.328 e. The van der Waals surface area contributed by atoms with E-state index in [1.54, 1.807) is 24.0 Å². The molecule has 0 aliphatic carbocycles. The Morgan fingerprint density at radius 1 is 1.58 bits per heavy atom. The Labute approximate surface area is 109 Å². The fourth-order valence-corrected chi connectivity index (χ4v) is 2.22. The minimum absolute atomic E-state index is 0.00636. The van der Waals surface area contributed by atoms with Crippen LogP contribution in [-0.4, -0.2) is 41.8 Å². The molecule has 1 saturated heterocycles. The highest BCUT2D eigenvalue weighted by Crippen LogP contribution is 2.30. The molecule has 2 rings (SSSR count). The van der Waals surface area contributed by atoms with Crippen LogP contribution in [-0.2, 0) is 9.53 Å². The van der Waals surface area contributed by atoms with Crippen molar-refractivity contribution in [1.29, 1.82) is 0 Å². The van der Waals surface area contributed by atoms with Crippen molar-refractivity contribution in [3.63, 3.8) is 0 Å². The highest BCUT2D eigenvalue weighted by atomic mass is 16.6. The van der Waals surface area contributed by atoms with Gasteiger partial charge in [-0.2, -0.15) is 0 Å². The van der Waals surface area contributed by atoms with Crippen molar-refractivity contribution in [2.75, 3.05) is 24.7 Å². The standard InChI is InChI=1S/C12H14N2O5/c1-8-9(3-2-4-10(8)14(17)18)13-5-6-19-7-11(13)12(15)16/h2-4,11H,5-7H2,1H3,(H,15,16). The summed E-state index contributed by atoms with van der Waals surface area (Å²) in [4.78, 5) is 23.3. The molecule has 7 heteroatoms. The largest absolute Gasteiger partial charge is 0.480 e. The number of anilines is 1. The lowest BCUT2D eigenvalue weighted by molar-refractivity contribution is -0.385. The smallest absolute Gasteiger partial charge is 0.328 e. The van der Waals surface area contributed by atoms with E-state index in [4.69, 9.17) is 4.74 Å². The van der Waals surface area contributed by atoms with Crippen LogP contribution in [0.25, 0.3) is 0 Å². The van der Waals surface area contributed by atoms with Gasteiger partial charge in [0.2, 0.25) is 0 Å². The van der Waals surface area contributed by atoms with E-state index in [0.717, 1.165) is 0 Å². The predicted molar refractivity (Wildman–Crippen MR) is 67.4 cm³/mol. The number of ether oxygens (including phenoxy) is 1. The van der Waals surface area contributed by atoms with Crippen LogP contribution in [0.5, 0.6) is 0 Å². The van der Waals surface area contributed by atoms with E-state index in [9.17, 15) is 20.0 Å². The van der Waals surface area contributed by atoms with Gasteiger partial charge in [0.25, 0.3) is 5.69 Å². The number of carbonyl (C=O) groups is 1. The van der Waals surface area contributed by atoms with Gasteiger partial charge in [-0.05, 0) is 13.0 Å². The van der Waals surface area contributed by atoms with Crippen LogP contribution in [0.3, 0.4) is 0 Å². The van der Waals surface area contributed by atoms with Gasteiger partial charge >= 0.3 is 5.97 Å². The predicted octanol–water partition coefficient (Wildman–Crippen LogP) is 1.19. The Bertz CT molecular complexity index is 517. The van der Waals surface area contributed by atoms with Crippen molar-refractivity contribution in [3.8, 4) is 0 Å². The van der Waals surface area contributed by atoms with Gasteiger partial charge in [0.1, 0.15) is 0 Å². The Hall–Kier alpha value is -2.15. The normalized spacial score (nSPS) is 19.2. The van der Waals surface area contributed by atoms with Crippen molar-refractivity contribution in [1.82, 2.24) is 0 Å². The number of nitro groups is 1. The Kier molecular flexibility index (Phi) is 3.66. The second-order valence-electron chi connectivity index (χ2n) is 4.30. The van der Waals surface area contributed by atoms with E-state index in [1.807, 2.05) is 0 Å². The van der Waals surface area contributed by atoms with Crippen LogP contribution in [0.4, 0.5) is 11.4 Å². The third-order valence-corrected chi connectivity index (χ3v) is 3.20. The first-order valence-electron chi connectivity index (χ1n) is 5.83. The molecule has 102 valence electrons. The Morgan fingerprint density at radius 2 is 2.32 bits per heavy atom. The highest BCUT2D eigenvalue weighted by molar-refractivity contribution is 5.80. The lowest BCUT2D eigenvalue weighted by Crippen LogP contribution is -2.50. The maximum atomic E-state index is 11.2. The summed E-state index contributed by atoms with van der Waals surface area (Å²) in [5.41, 5.74) is 1.04. The van der Waals surface area contributed by atoms with Gasteiger partial charge in [-0.3, -0.25) is 10.1 Å². The molecule has 1 N–H and O–H groups in total. The molecule has 0 bridgehead atoms. The van der Waals surface area contributed by atoms with Crippen LogP contribution >= 0.6 is 0 Å². The van der Waals surface area contributed by atoms with E-state index >= 15 is 0 Å². The SMILES string of the molecule is Cc1c(N2CCOCC2C(=O)O)cccc1[N+](=O)[O-]. The number of rotatable bonds is 3. The molecule has 19 heavy (non-hydrogen) atoms. The summed E-state index contributed by atoms with van der Waals surface area (Å²) in [5.74, 6) is -0.995. The Balaban J connectivity index is 2.42.